The normalized spacial score (nSPS) is 10.4. The van der Waals surface area contributed by atoms with Crippen LogP contribution in [0.15, 0.2) is 24.3 Å². The van der Waals surface area contributed by atoms with E-state index in [1.807, 2.05) is 6.92 Å². The molecule has 0 unspecified atom stereocenters. The Hall–Kier alpha value is -2.24. The van der Waals surface area contributed by atoms with Crippen molar-refractivity contribution in [3.63, 3.8) is 0 Å². The molecule has 2 N–H and O–H groups in total. The molecule has 6 heteroatoms. The number of hydrogen-bond donors (Lipinski definition) is 2. The molecule has 18 heavy (non-hydrogen) atoms. The van der Waals surface area contributed by atoms with Gasteiger partial charge in [0.1, 0.15) is 11.6 Å². The smallest absolute Gasteiger partial charge is 0.230 e. The minimum Gasteiger partial charge on any atom is -0.323 e. The Morgan fingerprint density at radius 1 is 1.39 bits per heavy atom. The molecule has 0 spiro atoms. The number of aryl methyl sites for hydroxylation is 1. The van der Waals surface area contributed by atoms with Crippen LogP contribution in [-0.2, 0) is 11.2 Å². The molecule has 0 atom stereocenters. The highest BCUT2D eigenvalue weighted by molar-refractivity contribution is 5.92. The van der Waals surface area contributed by atoms with Crippen LogP contribution < -0.4 is 5.32 Å². The first-order valence-electron chi connectivity index (χ1n) is 5.30. The van der Waals surface area contributed by atoms with E-state index in [4.69, 9.17) is 0 Å². The molecule has 0 radical (unpaired) electrons. The average Bonchev–Trinajstić information content (AvgIpc) is 2.68. The van der Waals surface area contributed by atoms with Crippen molar-refractivity contribution >= 4 is 11.6 Å². The number of H-pyrrole nitrogens is 1. The fourth-order valence-electron chi connectivity index (χ4n) is 1.51. The lowest BCUT2D eigenvalue weighted by molar-refractivity contribution is -0.115. The van der Waals surface area contributed by atoms with E-state index in [1.165, 1.54) is 6.07 Å². The molecule has 0 aliphatic rings. The van der Waals surface area contributed by atoms with Crippen LogP contribution in [0.4, 0.5) is 14.5 Å². The van der Waals surface area contributed by atoms with Gasteiger partial charge in [0.25, 0.3) is 0 Å². The zero-order chi connectivity index (χ0) is 13.1. The molecule has 2 aromatic rings. The van der Waals surface area contributed by atoms with Gasteiger partial charge in [-0.2, -0.15) is 5.10 Å². The van der Waals surface area contributed by atoms with Crippen molar-refractivity contribution in [3.05, 3.63) is 47.3 Å². The molecule has 0 fully saturated rings. The Morgan fingerprint density at radius 3 is 2.78 bits per heavy atom. The number of rotatable bonds is 3. The number of hydrogen-bond acceptors (Lipinski definition) is 2. The van der Waals surface area contributed by atoms with Gasteiger partial charge in [-0.05, 0) is 25.1 Å². The molecule has 0 aliphatic carbocycles. The van der Waals surface area contributed by atoms with Crippen LogP contribution in [0.3, 0.4) is 0 Å². The number of anilines is 1. The second-order valence-electron chi connectivity index (χ2n) is 3.89. The second-order valence-corrected chi connectivity index (χ2v) is 3.89. The third kappa shape index (κ3) is 2.91. The third-order valence-corrected chi connectivity index (χ3v) is 2.31. The molecule has 94 valence electrons. The zero-order valence-corrected chi connectivity index (χ0v) is 9.63. The van der Waals surface area contributed by atoms with Gasteiger partial charge in [0.2, 0.25) is 5.91 Å². The number of nitrogens with zero attached hydrogens (tertiary/aromatic N) is 1. The summed E-state index contributed by atoms with van der Waals surface area (Å²) in [6, 6.07) is 4.70. The number of carbonyl (C=O) groups excluding carboxylic acids is 1. The third-order valence-electron chi connectivity index (χ3n) is 2.31. The lowest BCUT2D eigenvalue weighted by Crippen LogP contribution is -2.15. The molecular formula is C12H11F2N3O. The number of aromatic nitrogens is 2. The van der Waals surface area contributed by atoms with Crippen molar-refractivity contribution in [1.29, 1.82) is 0 Å². The van der Waals surface area contributed by atoms with Gasteiger partial charge in [0.05, 0.1) is 17.8 Å². The lowest BCUT2D eigenvalue weighted by atomic mass is 10.2. The standard InChI is InChI=1S/C12H11F2N3O/c1-7-4-9(17-16-7)6-12(18)15-11-3-2-8(13)5-10(11)14/h2-5H,6H2,1H3,(H,15,18)(H,16,17). The van der Waals surface area contributed by atoms with Crippen LogP contribution in [-0.4, -0.2) is 16.1 Å². The van der Waals surface area contributed by atoms with Crippen molar-refractivity contribution in [1.82, 2.24) is 10.2 Å². The summed E-state index contributed by atoms with van der Waals surface area (Å²) >= 11 is 0. The summed E-state index contributed by atoms with van der Waals surface area (Å²) in [7, 11) is 0. The molecule has 1 heterocycles. The molecule has 1 amide bonds. The molecule has 0 saturated heterocycles. The van der Waals surface area contributed by atoms with Gasteiger partial charge in [-0.1, -0.05) is 0 Å². The van der Waals surface area contributed by atoms with Gasteiger partial charge >= 0.3 is 0 Å². The fourth-order valence-corrected chi connectivity index (χ4v) is 1.51. The van der Waals surface area contributed by atoms with Crippen molar-refractivity contribution in [2.75, 3.05) is 5.32 Å². The summed E-state index contributed by atoms with van der Waals surface area (Å²) in [4.78, 5) is 11.6. The van der Waals surface area contributed by atoms with Crippen LogP contribution in [0.5, 0.6) is 0 Å². The van der Waals surface area contributed by atoms with E-state index in [2.05, 4.69) is 15.5 Å². The van der Waals surface area contributed by atoms with Gasteiger partial charge in [-0.25, -0.2) is 8.78 Å². The number of halogens is 2. The minimum absolute atomic E-state index is 0.0289. The summed E-state index contributed by atoms with van der Waals surface area (Å²) < 4.78 is 25.9. The van der Waals surface area contributed by atoms with E-state index in [-0.39, 0.29) is 12.1 Å². The first-order valence-corrected chi connectivity index (χ1v) is 5.30. The summed E-state index contributed by atoms with van der Waals surface area (Å²) in [6.45, 7) is 1.81. The van der Waals surface area contributed by atoms with Gasteiger partial charge in [-0.3, -0.25) is 9.89 Å². The van der Waals surface area contributed by atoms with E-state index >= 15 is 0 Å². The quantitative estimate of drug-likeness (QED) is 0.878. The highest BCUT2D eigenvalue weighted by Gasteiger charge is 2.10. The van der Waals surface area contributed by atoms with Crippen LogP contribution in [0.1, 0.15) is 11.4 Å². The summed E-state index contributed by atoms with van der Waals surface area (Å²) in [6.07, 6.45) is 0.0289. The molecule has 0 aliphatic heterocycles. The maximum Gasteiger partial charge on any atom is 0.230 e. The first-order chi connectivity index (χ1) is 8.54. The molecule has 0 saturated carbocycles. The Labute approximate surface area is 102 Å². The number of benzene rings is 1. The topological polar surface area (TPSA) is 57.8 Å². The van der Waals surface area contributed by atoms with Gasteiger partial charge in [0, 0.05) is 11.8 Å². The fraction of sp³-hybridized carbons (Fsp3) is 0.167. The minimum atomic E-state index is -0.804. The molecule has 2 rings (SSSR count). The number of amides is 1. The maximum atomic E-state index is 13.3. The van der Waals surface area contributed by atoms with E-state index in [0.717, 1.165) is 11.8 Å². The van der Waals surface area contributed by atoms with Crippen molar-refractivity contribution < 1.29 is 13.6 Å². The van der Waals surface area contributed by atoms with Gasteiger partial charge in [-0.15, -0.1) is 0 Å². The van der Waals surface area contributed by atoms with E-state index < -0.39 is 17.5 Å². The summed E-state index contributed by atoms with van der Waals surface area (Å²) in [5, 5.41) is 8.96. The monoisotopic (exact) mass is 251 g/mol. The Balaban J connectivity index is 2.03. The van der Waals surface area contributed by atoms with Crippen LogP contribution in [0, 0.1) is 18.6 Å². The predicted octanol–water partition coefficient (Wildman–Crippen LogP) is 2.18. The Kier molecular flexibility index (Phi) is 3.36. The largest absolute Gasteiger partial charge is 0.323 e. The molecule has 1 aromatic carbocycles. The highest BCUT2D eigenvalue weighted by Crippen LogP contribution is 2.15. The van der Waals surface area contributed by atoms with E-state index in [0.29, 0.717) is 11.8 Å². The number of nitrogens with one attached hydrogen (secondary N) is 2. The van der Waals surface area contributed by atoms with E-state index in [1.54, 1.807) is 6.07 Å². The zero-order valence-electron chi connectivity index (χ0n) is 9.63. The van der Waals surface area contributed by atoms with Crippen molar-refractivity contribution in [2.24, 2.45) is 0 Å². The Bertz CT molecular complexity index is 580. The molecule has 1 aromatic heterocycles. The molecular weight excluding hydrogens is 240 g/mol. The molecule has 0 bridgehead atoms. The van der Waals surface area contributed by atoms with Gasteiger partial charge < -0.3 is 5.32 Å². The summed E-state index contributed by atoms with van der Waals surface area (Å²) in [5.74, 6) is -1.90. The average molecular weight is 251 g/mol. The van der Waals surface area contributed by atoms with E-state index in [9.17, 15) is 13.6 Å². The second kappa shape index (κ2) is 4.95. The first kappa shape index (κ1) is 12.2. The highest BCUT2D eigenvalue weighted by atomic mass is 19.1. The van der Waals surface area contributed by atoms with Crippen LogP contribution >= 0.6 is 0 Å². The van der Waals surface area contributed by atoms with Crippen molar-refractivity contribution in [2.45, 2.75) is 13.3 Å². The molecule has 4 nitrogen and oxygen atoms in total. The van der Waals surface area contributed by atoms with Crippen LogP contribution in [0.25, 0.3) is 0 Å². The van der Waals surface area contributed by atoms with Crippen molar-refractivity contribution in [3.8, 4) is 0 Å². The SMILES string of the molecule is Cc1cc(CC(=O)Nc2ccc(F)cc2F)n[nH]1. The van der Waals surface area contributed by atoms with Crippen LogP contribution in [0.2, 0.25) is 0 Å². The predicted molar refractivity (Wildman–Crippen MR) is 62.0 cm³/mol. The summed E-state index contributed by atoms with van der Waals surface area (Å²) in [5.41, 5.74) is 1.35. The lowest BCUT2D eigenvalue weighted by Gasteiger charge is -2.05. The van der Waals surface area contributed by atoms with Gasteiger partial charge in [0.15, 0.2) is 0 Å². The number of aromatic amines is 1. The maximum absolute atomic E-state index is 13.3. The Morgan fingerprint density at radius 2 is 2.17 bits per heavy atom. The number of carbonyl (C=O) groups is 1.